The van der Waals surface area contributed by atoms with Gasteiger partial charge < -0.3 is 19.4 Å². The Morgan fingerprint density at radius 2 is 2.10 bits per heavy atom. The number of aryl methyl sites for hydroxylation is 1. The average molecular weight is 397 g/mol. The van der Waals surface area contributed by atoms with E-state index in [2.05, 4.69) is 10.5 Å². The first kappa shape index (κ1) is 19.4. The van der Waals surface area contributed by atoms with Gasteiger partial charge in [0.25, 0.3) is 0 Å². The number of amides is 2. The fourth-order valence-electron chi connectivity index (χ4n) is 3.58. The zero-order chi connectivity index (χ0) is 20.4. The fourth-order valence-corrected chi connectivity index (χ4v) is 3.58. The molecule has 1 aliphatic rings. The number of carbonyl (C=O) groups excluding carboxylic acids is 2. The summed E-state index contributed by atoms with van der Waals surface area (Å²) in [5.74, 6) is 0.393. The van der Waals surface area contributed by atoms with Gasteiger partial charge in [0, 0.05) is 31.0 Å². The maximum Gasteiger partial charge on any atom is 0.246 e. The van der Waals surface area contributed by atoms with Crippen LogP contribution in [0, 0.1) is 6.92 Å². The van der Waals surface area contributed by atoms with Crippen molar-refractivity contribution in [1.82, 2.24) is 15.4 Å². The van der Waals surface area contributed by atoms with Gasteiger partial charge in [0.2, 0.25) is 11.8 Å². The second-order valence-corrected chi connectivity index (χ2v) is 7.35. The van der Waals surface area contributed by atoms with Crippen LogP contribution in [0.4, 0.5) is 0 Å². The summed E-state index contributed by atoms with van der Waals surface area (Å²) in [5, 5.41) is 17.5. The second-order valence-electron chi connectivity index (χ2n) is 7.35. The number of aromatic nitrogens is 1. The number of carbonyl (C=O) groups is 2. The molecule has 3 aromatic rings. The van der Waals surface area contributed by atoms with Crippen LogP contribution in [0.15, 0.2) is 45.3 Å². The van der Waals surface area contributed by atoms with E-state index in [-0.39, 0.29) is 31.2 Å². The molecule has 0 unspecified atom stereocenters. The van der Waals surface area contributed by atoms with Gasteiger partial charge in [0.15, 0.2) is 0 Å². The molecular weight excluding hydrogens is 374 g/mol. The quantitative estimate of drug-likeness (QED) is 0.650. The van der Waals surface area contributed by atoms with Crippen molar-refractivity contribution in [3.05, 3.63) is 53.6 Å². The predicted octanol–water partition coefficient (Wildman–Crippen LogP) is 1.59. The highest BCUT2D eigenvalue weighted by Gasteiger charge is 2.34. The van der Waals surface area contributed by atoms with E-state index in [1.807, 2.05) is 30.3 Å². The lowest BCUT2D eigenvalue weighted by molar-refractivity contribution is -0.145. The standard InChI is InChI=1S/C21H23N3O5/c1-13-8-17(29-23-13)11-20(26)24(21(27)18-10-15(25)12-22-18)7-6-16-9-14-4-2-3-5-19(14)28-16/h2-5,8-9,15,18,22,25H,6-7,10-12H2,1H3/t15-,18+/m1/s1. The number of aliphatic hydroxyl groups excluding tert-OH is 1. The molecule has 1 aliphatic heterocycles. The van der Waals surface area contributed by atoms with Crippen LogP contribution in [0.3, 0.4) is 0 Å². The number of imide groups is 1. The summed E-state index contributed by atoms with van der Waals surface area (Å²) in [5.41, 5.74) is 1.44. The van der Waals surface area contributed by atoms with Crippen LogP contribution in [-0.4, -0.2) is 52.2 Å². The van der Waals surface area contributed by atoms with Gasteiger partial charge >= 0.3 is 0 Å². The van der Waals surface area contributed by atoms with Gasteiger partial charge in [0.1, 0.15) is 17.1 Å². The third-order valence-corrected chi connectivity index (χ3v) is 5.03. The molecule has 152 valence electrons. The molecule has 1 saturated heterocycles. The number of para-hydroxylation sites is 1. The van der Waals surface area contributed by atoms with E-state index in [0.29, 0.717) is 30.2 Å². The van der Waals surface area contributed by atoms with Crippen LogP contribution in [0.5, 0.6) is 0 Å². The van der Waals surface area contributed by atoms with Crippen LogP contribution in [0.2, 0.25) is 0 Å². The van der Waals surface area contributed by atoms with Crippen molar-refractivity contribution in [2.45, 2.75) is 38.3 Å². The lowest BCUT2D eigenvalue weighted by Gasteiger charge is -2.23. The highest BCUT2D eigenvalue weighted by atomic mass is 16.5. The number of β-amino-alcohol motifs (C(OH)–C–C–N with tert-alkyl or cyclic N) is 1. The lowest BCUT2D eigenvalue weighted by atomic mass is 10.1. The SMILES string of the molecule is Cc1cc(CC(=O)N(CCc2cc3ccccc3o2)C(=O)[C@@H]2C[C@@H](O)CN2)on1. The molecule has 0 saturated carbocycles. The predicted molar refractivity (Wildman–Crippen MR) is 104 cm³/mol. The van der Waals surface area contributed by atoms with Crippen molar-refractivity contribution in [2.24, 2.45) is 0 Å². The summed E-state index contributed by atoms with van der Waals surface area (Å²) in [6, 6.07) is 10.7. The first-order chi connectivity index (χ1) is 14.0. The van der Waals surface area contributed by atoms with Crippen molar-refractivity contribution >= 4 is 22.8 Å². The highest BCUT2D eigenvalue weighted by Crippen LogP contribution is 2.20. The molecule has 0 radical (unpaired) electrons. The number of aliphatic hydroxyl groups is 1. The lowest BCUT2D eigenvalue weighted by Crippen LogP contribution is -2.48. The Morgan fingerprint density at radius 1 is 1.28 bits per heavy atom. The van der Waals surface area contributed by atoms with Crippen molar-refractivity contribution in [2.75, 3.05) is 13.1 Å². The monoisotopic (exact) mass is 397 g/mol. The number of hydrogen-bond acceptors (Lipinski definition) is 7. The second kappa shape index (κ2) is 8.18. The first-order valence-corrected chi connectivity index (χ1v) is 9.65. The molecule has 8 nitrogen and oxygen atoms in total. The summed E-state index contributed by atoms with van der Waals surface area (Å²) < 4.78 is 10.9. The maximum atomic E-state index is 13.0. The topological polar surface area (TPSA) is 109 Å². The van der Waals surface area contributed by atoms with Crippen molar-refractivity contribution in [3.63, 3.8) is 0 Å². The first-order valence-electron chi connectivity index (χ1n) is 9.65. The van der Waals surface area contributed by atoms with Crippen molar-refractivity contribution in [1.29, 1.82) is 0 Å². The molecule has 1 fully saturated rings. The van der Waals surface area contributed by atoms with Gasteiger partial charge in [-0.3, -0.25) is 14.5 Å². The Morgan fingerprint density at radius 3 is 2.79 bits per heavy atom. The molecule has 4 rings (SSSR count). The summed E-state index contributed by atoms with van der Waals surface area (Å²) in [7, 11) is 0. The minimum absolute atomic E-state index is 0.0536. The largest absolute Gasteiger partial charge is 0.461 e. The van der Waals surface area contributed by atoms with E-state index in [4.69, 9.17) is 8.94 Å². The third-order valence-electron chi connectivity index (χ3n) is 5.03. The number of fused-ring (bicyclic) bond motifs is 1. The van der Waals surface area contributed by atoms with Gasteiger partial charge in [-0.15, -0.1) is 0 Å². The number of nitrogens with zero attached hydrogens (tertiary/aromatic N) is 2. The highest BCUT2D eigenvalue weighted by molar-refractivity contribution is 5.98. The van der Waals surface area contributed by atoms with Gasteiger partial charge in [-0.25, -0.2) is 0 Å². The molecule has 0 bridgehead atoms. The average Bonchev–Trinajstić information content (AvgIpc) is 3.41. The summed E-state index contributed by atoms with van der Waals surface area (Å²) in [6.45, 7) is 2.29. The van der Waals surface area contributed by atoms with Gasteiger partial charge in [-0.05, 0) is 25.5 Å². The summed E-state index contributed by atoms with van der Waals surface area (Å²) in [6.07, 6.45) is 0.0428. The number of benzene rings is 1. The van der Waals surface area contributed by atoms with E-state index < -0.39 is 12.1 Å². The Kier molecular flexibility index (Phi) is 5.46. The van der Waals surface area contributed by atoms with Crippen molar-refractivity contribution in [3.8, 4) is 0 Å². The van der Waals surface area contributed by atoms with E-state index in [1.165, 1.54) is 4.90 Å². The smallest absolute Gasteiger partial charge is 0.246 e. The normalized spacial score (nSPS) is 19.0. The number of hydrogen-bond donors (Lipinski definition) is 2. The molecule has 0 aliphatic carbocycles. The Balaban J connectivity index is 1.50. The fraction of sp³-hybridized carbons (Fsp3) is 0.381. The van der Waals surface area contributed by atoms with Gasteiger partial charge in [0.05, 0.1) is 24.3 Å². The third kappa shape index (κ3) is 4.38. The molecule has 2 atom stereocenters. The Bertz CT molecular complexity index is 991. The van der Waals surface area contributed by atoms with Crippen LogP contribution >= 0.6 is 0 Å². The van der Waals surface area contributed by atoms with E-state index in [0.717, 1.165) is 11.0 Å². The molecule has 2 N–H and O–H groups in total. The van der Waals surface area contributed by atoms with E-state index in [9.17, 15) is 14.7 Å². The van der Waals surface area contributed by atoms with E-state index in [1.54, 1.807) is 13.0 Å². The molecule has 8 heteroatoms. The van der Waals surface area contributed by atoms with Crippen LogP contribution in [0.25, 0.3) is 11.0 Å². The maximum absolute atomic E-state index is 13.0. The Labute approximate surface area is 167 Å². The molecule has 2 amide bonds. The number of rotatable bonds is 6. The molecule has 3 heterocycles. The van der Waals surface area contributed by atoms with E-state index >= 15 is 0 Å². The molecular formula is C21H23N3O5. The zero-order valence-corrected chi connectivity index (χ0v) is 16.1. The summed E-state index contributed by atoms with van der Waals surface area (Å²) >= 11 is 0. The van der Waals surface area contributed by atoms with Crippen molar-refractivity contribution < 1.29 is 23.6 Å². The molecule has 29 heavy (non-hydrogen) atoms. The zero-order valence-electron chi connectivity index (χ0n) is 16.1. The van der Waals surface area contributed by atoms with Crippen LogP contribution < -0.4 is 5.32 Å². The number of furan rings is 1. The van der Waals surface area contributed by atoms with Gasteiger partial charge in [-0.1, -0.05) is 23.4 Å². The molecule has 0 spiro atoms. The minimum Gasteiger partial charge on any atom is -0.461 e. The molecule has 1 aromatic carbocycles. The number of nitrogens with one attached hydrogen (secondary N) is 1. The Hall–Kier alpha value is -2.97. The minimum atomic E-state index is -0.590. The summed E-state index contributed by atoms with van der Waals surface area (Å²) in [4.78, 5) is 27.1. The van der Waals surface area contributed by atoms with Crippen LogP contribution in [0.1, 0.15) is 23.6 Å². The van der Waals surface area contributed by atoms with Crippen LogP contribution in [-0.2, 0) is 22.4 Å². The molecule has 2 aromatic heterocycles. The van der Waals surface area contributed by atoms with Gasteiger partial charge in [-0.2, -0.15) is 0 Å².